The van der Waals surface area contributed by atoms with Gasteiger partial charge in [-0.2, -0.15) is 4.57 Å². The highest BCUT2D eigenvalue weighted by Gasteiger charge is 2.26. The number of hydrogen-bond donors (Lipinski definition) is 1. The van der Waals surface area contributed by atoms with E-state index in [9.17, 15) is 0 Å². The molecule has 3 heterocycles. The van der Waals surface area contributed by atoms with Gasteiger partial charge in [0.2, 0.25) is 11.9 Å². The molecule has 3 heteroatoms. The normalized spacial score (nSPS) is 12.6. The topological polar surface area (TPSA) is 28.9 Å². The van der Waals surface area contributed by atoms with E-state index in [-0.39, 0.29) is 0 Å². The minimum atomic E-state index is 0.595. The predicted octanol–water partition coefficient (Wildman–Crippen LogP) is 4.26. The molecule has 4 aromatic rings. The molecule has 5 rings (SSSR count). The van der Waals surface area contributed by atoms with Crippen LogP contribution in [-0.2, 0) is 19.6 Å². The molecule has 3 nitrogen and oxygen atoms in total. The molecule has 0 spiro atoms. The first-order chi connectivity index (χ1) is 12.4. The standard InChI is InChI=1S/C22H18N2O/c1-2-6-16(7-3-1)15-25-17-10-11-21-22-19(12-13-24(21)14-17)18-8-4-5-9-20(18)23-22/h1-11,14H,12-13,15H2/p+1. The summed E-state index contributed by atoms with van der Waals surface area (Å²) in [6.07, 6.45) is 3.16. The van der Waals surface area contributed by atoms with Crippen molar-refractivity contribution in [3.05, 3.63) is 84.1 Å². The number of aryl methyl sites for hydroxylation is 2. The molecule has 2 aromatic heterocycles. The highest BCUT2D eigenvalue weighted by atomic mass is 16.5. The zero-order valence-electron chi connectivity index (χ0n) is 13.9. The summed E-state index contributed by atoms with van der Waals surface area (Å²) >= 11 is 0. The van der Waals surface area contributed by atoms with Gasteiger partial charge in [-0.3, -0.25) is 0 Å². The Hall–Kier alpha value is -3.07. The van der Waals surface area contributed by atoms with Crippen molar-refractivity contribution in [1.29, 1.82) is 0 Å². The van der Waals surface area contributed by atoms with Gasteiger partial charge in [-0.15, -0.1) is 0 Å². The molecule has 25 heavy (non-hydrogen) atoms. The molecule has 2 aromatic carbocycles. The van der Waals surface area contributed by atoms with Crippen molar-refractivity contribution in [2.24, 2.45) is 0 Å². The number of fused-ring (bicyclic) bond motifs is 5. The molecular formula is C22H19N2O+. The van der Waals surface area contributed by atoms with Gasteiger partial charge < -0.3 is 9.72 Å². The van der Waals surface area contributed by atoms with E-state index in [1.54, 1.807) is 0 Å². The third-order valence-electron chi connectivity index (χ3n) is 4.92. The van der Waals surface area contributed by atoms with Crippen LogP contribution in [0.4, 0.5) is 0 Å². The van der Waals surface area contributed by atoms with Gasteiger partial charge in [0.1, 0.15) is 12.3 Å². The molecule has 1 aliphatic heterocycles. The first kappa shape index (κ1) is 14.3. The second-order valence-corrected chi connectivity index (χ2v) is 6.49. The van der Waals surface area contributed by atoms with Crippen molar-refractivity contribution in [3.63, 3.8) is 0 Å². The predicted molar refractivity (Wildman–Crippen MR) is 98.4 cm³/mol. The molecule has 0 radical (unpaired) electrons. The molecule has 1 N–H and O–H groups in total. The molecule has 0 fully saturated rings. The number of ether oxygens (including phenoxy) is 1. The number of rotatable bonds is 3. The molecule has 0 atom stereocenters. The number of aromatic nitrogens is 2. The number of hydrogen-bond acceptors (Lipinski definition) is 1. The maximum atomic E-state index is 5.97. The quantitative estimate of drug-likeness (QED) is 0.560. The van der Waals surface area contributed by atoms with Crippen LogP contribution >= 0.6 is 0 Å². The zero-order valence-corrected chi connectivity index (χ0v) is 13.9. The number of nitrogens with zero attached hydrogens (tertiary/aromatic N) is 1. The molecule has 0 aliphatic carbocycles. The lowest BCUT2D eigenvalue weighted by Gasteiger charge is -2.12. The third kappa shape index (κ3) is 2.49. The maximum Gasteiger partial charge on any atom is 0.229 e. The van der Waals surface area contributed by atoms with Crippen molar-refractivity contribution in [2.45, 2.75) is 19.6 Å². The van der Waals surface area contributed by atoms with Crippen LogP contribution in [0.15, 0.2) is 72.9 Å². The summed E-state index contributed by atoms with van der Waals surface area (Å²) in [7, 11) is 0. The number of aromatic amines is 1. The van der Waals surface area contributed by atoms with Crippen LogP contribution in [0, 0.1) is 0 Å². The Morgan fingerprint density at radius 2 is 1.76 bits per heavy atom. The largest absolute Gasteiger partial charge is 0.483 e. The lowest BCUT2D eigenvalue weighted by Crippen LogP contribution is -2.40. The molecule has 1 aliphatic rings. The summed E-state index contributed by atoms with van der Waals surface area (Å²) in [4.78, 5) is 3.59. The average Bonchev–Trinajstić information content (AvgIpc) is 3.06. The average molecular weight is 327 g/mol. The van der Waals surface area contributed by atoms with Crippen LogP contribution in [-0.4, -0.2) is 4.98 Å². The monoisotopic (exact) mass is 327 g/mol. The van der Waals surface area contributed by atoms with Crippen molar-refractivity contribution in [2.75, 3.05) is 0 Å². The van der Waals surface area contributed by atoms with E-state index in [4.69, 9.17) is 4.74 Å². The van der Waals surface area contributed by atoms with Crippen LogP contribution in [0.5, 0.6) is 5.75 Å². The fraction of sp³-hybridized carbons (Fsp3) is 0.136. The molecule has 0 unspecified atom stereocenters. The van der Waals surface area contributed by atoms with E-state index < -0.39 is 0 Å². The van der Waals surface area contributed by atoms with Gasteiger partial charge in [0, 0.05) is 23.4 Å². The number of H-pyrrole nitrogens is 1. The highest BCUT2D eigenvalue weighted by molar-refractivity contribution is 5.90. The Morgan fingerprint density at radius 1 is 0.920 bits per heavy atom. The zero-order chi connectivity index (χ0) is 16.6. The first-order valence-corrected chi connectivity index (χ1v) is 8.69. The summed E-state index contributed by atoms with van der Waals surface area (Å²) in [6, 6.07) is 23.0. The fourth-order valence-corrected chi connectivity index (χ4v) is 3.67. The van der Waals surface area contributed by atoms with Gasteiger partial charge in [-0.05, 0) is 23.3 Å². The molecular weight excluding hydrogens is 308 g/mol. The summed E-state index contributed by atoms with van der Waals surface area (Å²) in [5.41, 5.74) is 6.29. The third-order valence-corrected chi connectivity index (χ3v) is 4.92. The fourth-order valence-electron chi connectivity index (χ4n) is 3.67. The van der Waals surface area contributed by atoms with Gasteiger partial charge in [0.05, 0.1) is 0 Å². The summed E-state index contributed by atoms with van der Waals surface area (Å²) in [5.74, 6) is 0.909. The number of pyridine rings is 1. The lowest BCUT2D eigenvalue weighted by atomic mass is 10.0. The Bertz CT molecular complexity index is 1050. The maximum absolute atomic E-state index is 5.97. The number of benzene rings is 2. The Morgan fingerprint density at radius 3 is 2.68 bits per heavy atom. The number of para-hydroxylation sites is 1. The Labute approximate surface area is 146 Å². The second kappa shape index (κ2) is 5.78. The van der Waals surface area contributed by atoms with Crippen LogP contribution in [0.2, 0.25) is 0 Å². The lowest BCUT2D eigenvalue weighted by molar-refractivity contribution is -0.688. The van der Waals surface area contributed by atoms with E-state index in [2.05, 4.69) is 64.3 Å². The van der Waals surface area contributed by atoms with E-state index in [0.29, 0.717) is 6.61 Å². The molecule has 0 saturated carbocycles. The van der Waals surface area contributed by atoms with Gasteiger partial charge in [-0.1, -0.05) is 48.5 Å². The van der Waals surface area contributed by atoms with Crippen LogP contribution in [0.1, 0.15) is 11.1 Å². The van der Waals surface area contributed by atoms with Gasteiger partial charge in [0.15, 0.2) is 12.3 Å². The van der Waals surface area contributed by atoms with E-state index in [0.717, 1.165) is 18.7 Å². The Kier molecular flexibility index (Phi) is 3.30. The van der Waals surface area contributed by atoms with Crippen molar-refractivity contribution in [3.8, 4) is 17.1 Å². The van der Waals surface area contributed by atoms with E-state index >= 15 is 0 Å². The molecule has 0 saturated heterocycles. The van der Waals surface area contributed by atoms with Crippen LogP contribution in [0.25, 0.3) is 22.3 Å². The summed E-state index contributed by atoms with van der Waals surface area (Å²) < 4.78 is 8.26. The van der Waals surface area contributed by atoms with Crippen molar-refractivity contribution < 1.29 is 9.30 Å². The van der Waals surface area contributed by atoms with Gasteiger partial charge in [0.25, 0.3) is 0 Å². The van der Waals surface area contributed by atoms with Crippen molar-refractivity contribution in [1.82, 2.24) is 4.98 Å². The van der Waals surface area contributed by atoms with E-state index in [1.165, 1.54) is 33.4 Å². The highest BCUT2D eigenvalue weighted by Crippen LogP contribution is 2.32. The number of nitrogens with one attached hydrogen (secondary N) is 1. The smallest absolute Gasteiger partial charge is 0.229 e. The minimum Gasteiger partial charge on any atom is -0.483 e. The van der Waals surface area contributed by atoms with Crippen molar-refractivity contribution >= 4 is 10.9 Å². The summed E-state index contributed by atoms with van der Waals surface area (Å²) in [5, 5.41) is 1.34. The molecule has 0 amide bonds. The molecule has 122 valence electrons. The van der Waals surface area contributed by atoms with Crippen LogP contribution in [0.3, 0.4) is 0 Å². The SMILES string of the molecule is c1ccc(COc2ccc3[n+](c2)CCc2c-3[nH]c3ccccc23)cc1. The van der Waals surface area contributed by atoms with E-state index in [1.807, 2.05) is 18.2 Å². The first-order valence-electron chi connectivity index (χ1n) is 8.69. The van der Waals surface area contributed by atoms with Gasteiger partial charge >= 0.3 is 0 Å². The Balaban J connectivity index is 1.47. The minimum absolute atomic E-state index is 0.595. The van der Waals surface area contributed by atoms with Crippen LogP contribution < -0.4 is 9.30 Å². The summed E-state index contributed by atoms with van der Waals surface area (Å²) in [6.45, 7) is 1.57. The molecule has 0 bridgehead atoms. The van der Waals surface area contributed by atoms with Gasteiger partial charge in [-0.25, -0.2) is 0 Å². The second-order valence-electron chi connectivity index (χ2n) is 6.49.